The second kappa shape index (κ2) is 6.36. The van der Waals surface area contributed by atoms with E-state index in [1.165, 1.54) is 25.6 Å². The highest BCUT2D eigenvalue weighted by molar-refractivity contribution is 14.1. The normalized spacial score (nSPS) is 9.76. The lowest BCUT2D eigenvalue weighted by atomic mass is 10.2. The van der Waals surface area contributed by atoms with Crippen molar-refractivity contribution < 1.29 is 14.3 Å². The maximum Gasteiger partial charge on any atom is 0.358 e. The molecule has 8 heteroatoms. The van der Waals surface area contributed by atoms with Gasteiger partial charge in [0, 0.05) is 0 Å². The first-order valence-electron chi connectivity index (χ1n) is 5.62. The molecule has 0 spiro atoms. The molecule has 1 aromatic heterocycles. The predicted molar refractivity (Wildman–Crippen MR) is 81.7 cm³/mol. The van der Waals surface area contributed by atoms with Gasteiger partial charge in [0.15, 0.2) is 11.4 Å². The molecule has 0 fully saturated rings. The number of aromatic nitrogens is 2. The van der Waals surface area contributed by atoms with Gasteiger partial charge in [0.1, 0.15) is 0 Å². The Morgan fingerprint density at radius 3 is 2.81 bits per heavy atom. The summed E-state index contributed by atoms with van der Waals surface area (Å²) in [6, 6.07) is 5.13. The quantitative estimate of drug-likeness (QED) is 0.481. The van der Waals surface area contributed by atoms with E-state index in [1.807, 2.05) is 28.7 Å². The van der Waals surface area contributed by atoms with E-state index in [2.05, 4.69) is 14.7 Å². The van der Waals surface area contributed by atoms with E-state index in [9.17, 15) is 4.79 Å². The van der Waals surface area contributed by atoms with Crippen LogP contribution in [0.5, 0.6) is 11.6 Å². The topological polar surface area (TPSA) is 111 Å². The van der Waals surface area contributed by atoms with Crippen LogP contribution in [0.1, 0.15) is 16.1 Å². The van der Waals surface area contributed by atoms with Gasteiger partial charge in [0.25, 0.3) is 0 Å². The van der Waals surface area contributed by atoms with Crippen molar-refractivity contribution in [1.29, 1.82) is 5.26 Å². The maximum absolute atomic E-state index is 11.4. The Hall–Kier alpha value is -2.41. The summed E-state index contributed by atoms with van der Waals surface area (Å²) in [7, 11) is 1.25. The number of benzene rings is 1. The number of nitrogens with two attached hydrogens (primary N) is 1. The highest BCUT2D eigenvalue weighted by atomic mass is 127. The fourth-order valence-electron chi connectivity index (χ4n) is 1.49. The van der Waals surface area contributed by atoms with Gasteiger partial charge in [0.2, 0.25) is 5.88 Å². The third-order valence-corrected chi connectivity index (χ3v) is 3.22. The van der Waals surface area contributed by atoms with Crippen molar-refractivity contribution in [1.82, 2.24) is 9.97 Å². The van der Waals surface area contributed by atoms with Gasteiger partial charge in [-0.05, 0) is 34.7 Å². The van der Waals surface area contributed by atoms with Crippen molar-refractivity contribution >= 4 is 34.2 Å². The highest BCUT2D eigenvalue weighted by Gasteiger charge is 2.13. The molecule has 0 saturated heterocycles. The fourth-order valence-corrected chi connectivity index (χ4v) is 2.25. The van der Waals surface area contributed by atoms with Gasteiger partial charge in [-0.3, -0.25) is 4.98 Å². The molecule has 0 aliphatic carbocycles. The number of nitrogens with zero attached hydrogens (tertiary/aromatic N) is 3. The largest absolute Gasteiger partial charge is 0.464 e. The van der Waals surface area contributed by atoms with Crippen LogP contribution in [0, 0.1) is 14.9 Å². The van der Waals surface area contributed by atoms with E-state index >= 15 is 0 Å². The summed E-state index contributed by atoms with van der Waals surface area (Å²) >= 11 is 2.00. The number of hydrogen-bond acceptors (Lipinski definition) is 7. The number of rotatable bonds is 3. The Morgan fingerprint density at radius 2 is 2.19 bits per heavy atom. The summed E-state index contributed by atoms with van der Waals surface area (Å²) in [5, 5.41) is 8.87. The zero-order valence-corrected chi connectivity index (χ0v) is 13.0. The molecule has 0 unspecified atom stereocenters. The number of carbonyl (C=O) groups excluding carboxylic acids is 1. The number of nitrogen functional groups attached to an aromatic ring is 1. The van der Waals surface area contributed by atoms with Crippen LogP contribution in [0.25, 0.3) is 0 Å². The Kier molecular flexibility index (Phi) is 4.54. The van der Waals surface area contributed by atoms with Crippen LogP contribution >= 0.6 is 22.6 Å². The summed E-state index contributed by atoms with van der Waals surface area (Å²) in [5.41, 5.74) is 6.60. The minimum absolute atomic E-state index is 0.0252. The number of esters is 1. The van der Waals surface area contributed by atoms with Gasteiger partial charge in [-0.15, -0.1) is 0 Å². The lowest BCUT2D eigenvalue weighted by Gasteiger charge is -2.10. The number of nitriles is 1. The summed E-state index contributed by atoms with van der Waals surface area (Å²) in [5.74, 6) is -0.159. The van der Waals surface area contributed by atoms with Gasteiger partial charge < -0.3 is 15.2 Å². The zero-order chi connectivity index (χ0) is 15.4. The number of methoxy groups -OCH3 is 1. The van der Waals surface area contributed by atoms with E-state index in [1.54, 1.807) is 6.07 Å². The van der Waals surface area contributed by atoms with E-state index in [0.29, 0.717) is 20.6 Å². The van der Waals surface area contributed by atoms with Crippen molar-refractivity contribution in [2.75, 3.05) is 12.8 Å². The van der Waals surface area contributed by atoms with Crippen molar-refractivity contribution in [3.63, 3.8) is 0 Å². The molecule has 0 atom stereocenters. The molecular formula is C13H9IN4O3. The average Bonchev–Trinajstić information content (AvgIpc) is 2.50. The average molecular weight is 396 g/mol. The lowest BCUT2D eigenvalue weighted by molar-refractivity contribution is 0.0592. The van der Waals surface area contributed by atoms with Gasteiger partial charge in [-0.1, -0.05) is 0 Å². The molecule has 7 nitrogen and oxygen atoms in total. The molecule has 0 amide bonds. The minimum atomic E-state index is -0.615. The zero-order valence-electron chi connectivity index (χ0n) is 10.8. The first kappa shape index (κ1) is 15.0. The van der Waals surface area contributed by atoms with Crippen molar-refractivity contribution in [3.8, 4) is 17.7 Å². The number of hydrogen-bond donors (Lipinski definition) is 1. The van der Waals surface area contributed by atoms with Gasteiger partial charge in [-0.2, -0.15) is 5.26 Å². The summed E-state index contributed by atoms with van der Waals surface area (Å²) < 4.78 is 10.8. The summed E-state index contributed by atoms with van der Waals surface area (Å²) in [6.07, 6.45) is 2.62. The molecule has 106 valence electrons. The third-order valence-electron chi connectivity index (χ3n) is 2.42. The van der Waals surface area contributed by atoms with Gasteiger partial charge in [0.05, 0.1) is 40.4 Å². The van der Waals surface area contributed by atoms with Crippen LogP contribution in [0.2, 0.25) is 0 Å². The van der Waals surface area contributed by atoms with Crippen LogP contribution in [0.15, 0.2) is 24.5 Å². The standard InChI is InChI=1S/C13H9IN4O3/c1-20-13(19)10-5-17-6-11(18-10)21-12-8(14)2-7(4-15)3-9(12)16/h2-3,5-6H,16H2,1H3. The molecule has 1 aromatic carbocycles. The number of ether oxygens (including phenoxy) is 2. The number of carbonyl (C=O) groups is 1. The van der Waals surface area contributed by atoms with Crippen LogP contribution in [0.3, 0.4) is 0 Å². The van der Waals surface area contributed by atoms with Crippen molar-refractivity contribution in [2.24, 2.45) is 0 Å². The van der Waals surface area contributed by atoms with Crippen molar-refractivity contribution in [2.45, 2.75) is 0 Å². The molecule has 2 rings (SSSR count). The molecular weight excluding hydrogens is 387 g/mol. The lowest BCUT2D eigenvalue weighted by Crippen LogP contribution is -2.06. The molecule has 2 N–H and O–H groups in total. The van der Waals surface area contributed by atoms with Crippen LogP contribution in [0.4, 0.5) is 5.69 Å². The van der Waals surface area contributed by atoms with Crippen molar-refractivity contribution in [3.05, 3.63) is 39.4 Å². The smallest absolute Gasteiger partial charge is 0.358 e. The van der Waals surface area contributed by atoms with E-state index in [4.69, 9.17) is 15.7 Å². The third kappa shape index (κ3) is 3.38. The predicted octanol–water partition coefficient (Wildman–Crippen LogP) is 2.11. The highest BCUT2D eigenvalue weighted by Crippen LogP contribution is 2.32. The minimum Gasteiger partial charge on any atom is -0.464 e. The summed E-state index contributed by atoms with van der Waals surface area (Å²) in [4.78, 5) is 19.2. The molecule has 0 aliphatic heterocycles. The van der Waals surface area contributed by atoms with Crippen LogP contribution in [-0.2, 0) is 4.74 Å². The number of halogens is 1. The van der Waals surface area contributed by atoms with Crippen LogP contribution in [-0.4, -0.2) is 23.0 Å². The van der Waals surface area contributed by atoms with E-state index < -0.39 is 5.97 Å². The molecule has 2 aromatic rings. The van der Waals surface area contributed by atoms with E-state index in [-0.39, 0.29) is 11.6 Å². The monoisotopic (exact) mass is 396 g/mol. The molecule has 21 heavy (non-hydrogen) atoms. The Labute approximate surface area is 133 Å². The molecule has 0 radical (unpaired) electrons. The fraction of sp³-hybridized carbons (Fsp3) is 0.0769. The summed E-state index contributed by atoms with van der Waals surface area (Å²) in [6.45, 7) is 0. The van der Waals surface area contributed by atoms with Gasteiger partial charge >= 0.3 is 5.97 Å². The Bertz CT molecular complexity index is 719. The van der Waals surface area contributed by atoms with Gasteiger partial charge in [-0.25, -0.2) is 9.78 Å². The molecule has 0 saturated carbocycles. The molecule has 1 heterocycles. The van der Waals surface area contributed by atoms with Crippen LogP contribution < -0.4 is 10.5 Å². The first-order chi connectivity index (χ1) is 10.0. The first-order valence-corrected chi connectivity index (χ1v) is 6.70. The SMILES string of the molecule is COC(=O)c1cncc(Oc2c(N)cc(C#N)cc2I)n1. The Morgan fingerprint density at radius 1 is 1.43 bits per heavy atom. The molecule has 0 aliphatic rings. The number of anilines is 1. The maximum atomic E-state index is 11.4. The second-order valence-corrected chi connectivity index (χ2v) is 4.99. The Balaban J connectivity index is 2.35. The van der Waals surface area contributed by atoms with E-state index in [0.717, 1.165) is 0 Å². The second-order valence-electron chi connectivity index (χ2n) is 3.82. The molecule has 0 bridgehead atoms.